The standard InChI is InChI=1S/C12H19NO2S/c1-7(2)9(12(14)15)10(13-4)11-8(3)5-6-16-11/h5-7,9-10,13H,1-4H3,(H,14,15). The number of hydrogen-bond donors (Lipinski definition) is 2. The van der Waals surface area contributed by atoms with Crippen LogP contribution in [0.2, 0.25) is 0 Å². The molecule has 90 valence electrons. The largest absolute Gasteiger partial charge is 0.481 e. The van der Waals surface area contributed by atoms with Gasteiger partial charge in [0.15, 0.2) is 0 Å². The Balaban J connectivity index is 3.05. The second kappa shape index (κ2) is 5.46. The van der Waals surface area contributed by atoms with Crippen LogP contribution in [-0.2, 0) is 4.79 Å². The molecule has 0 aliphatic heterocycles. The highest BCUT2D eigenvalue weighted by Crippen LogP contribution is 2.33. The fraction of sp³-hybridized carbons (Fsp3) is 0.583. The molecule has 0 saturated heterocycles. The normalized spacial score (nSPS) is 15.1. The second-order valence-electron chi connectivity index (χ2n) is 4.34. The Labute approximate surface area is 100 Å². The molecule has 0 bridgehead atoms. The summed E-state index contributed by atoms with van der Waals surface area (Å²) in [4.78, 5) is 12.4. The van der Waals surface area contributed by atoms with Crippen LogP contribution in [0.5, 0.6) is 0 Å². The van der Waals surface area contributed by atoms with Gasteiger partial charge in [0, 0.05) is 4.88 Å². The lowest BCUT2D eigenvalue weighted by molar-refractivity contribution is -0.144. The zero-order valence-corrected chi connectivity index (χ0v) is 11.0. The highest BCUT2D eigenvalue weighted by atomic mass is 32.1. The molecule has 4 heteroatoms. The van der Waals surface area contributed by atoms with Crippen molar-refractivity contribution in [1.29, 1.82) is 0 Å². The molecule has 2 unspecified atom stereocenters. The first-order chi connectivity index (χ1) is 7.49. The van der Waals surface area contributed by atoms with Gasteiger partial charge >= 0.3 is 5.97 Å². The minimum atomic E-state index is -0.734. The van der Waals surface area contributed by atoms with E-state index in [0.717, 1.165) is 10.4 Å². The predicted octanol–water partition coefficient (Wildman–Crippen LogP) is 2.67. The van der Waals surface area contributed by atoms with Crippen molar-refractivity contribution in [1.82, 2.24) is 5.32 Å². The first-order valence-electron chi connectivity index (χ1n) is 5.43. The summed E-state index contributed by atoms with van der Waals surface area (Å²) in [5, 5.41) is 14.4. The number of carboxylic acid groups (broad SMARTS) is 1. The lowest BCUT2D eigenvalue weighted by atomic mass is 9.87. The van der Waals surface area contributed by atoms with E-state index in [4.69, 9.17) is 0 Å². The summed E-state index contributed by atoms with van der Waals surface area (Å²) in [6, 6.07) is 1.93. The Hall–Kier alpha value is -0.870. The molecule has 0 radical (unpaired) electrons. The first kappa shape index (κ1) is 13.2. The van der Waals surface area contributed by atoms with Crippen molar-refractivity contribution in [2.24, 2.45) is 11.8 Å². The molecule has 0 aliphatic carbocycles. The number of aryl methyl sites for hydroxylation is 1. The van der Waals surface area contributed by atoms with Crippen LogP contribution >= 0.6 is 11.3 Å². The average molecular weight is 241 g/mol. The van der Waals surface area contributed by atoms with E-state index in [2.05, 4.69) is 5.32 Å². The van der Waals surface area contributed by atoms with Crippen LogP contribution < -0.4 is 5.32 Å². The van der Waals surface area contributed by atoms with E-state index in [1.165, 1.54) is 0 Å². The van der Waals surface area contributed by atoms with Gasteiger partial charge in [-0.15, -0.1) is 11.3 Å². The van der Waals surface area contributed by atoms with Crippen molar-refractivity contribution in [3.63, 3.8) is 0 Å². The highest BCUT2D eigenvalue weighted by Gasteiger charge is 2.32. The van der Waals surface area contributed by atoms with E-state index in [1.54, 1.807) is 11.3 Å². The zero-order chi connectivity index (χ0) is 12.3. The van der Waals surface area contributed by atoms with Gasteiger partial charge in [0.25, 0.3) is 0 Å². The summed E-state index contributed by atoms with van der Waals surface area (Å²) in [6.07, 6.45) is 0. The van der Waals surface area contributed by atoms with Crippen LogP contribution in [0.25, 0.3) is 0 Å². The highest BCUT2D eigenvalue weighted by molar-refractivity contribution is 7.10. The molecule has 16 heavy (non-hydrogen) atoms. The maximum Gasteiger partial charge on any atom is 0.308 e. The van der Waals surface area contributed by atoms with Gasteiger partial charge in [0.1, 0.15) is 0 Å². The Bertz CT molecular complexity index is 360. The topological polar surface area (TPSA) is 49.3 Å². The van der Waals surface area contributed by atoms with E-state index < -0.39 is 5.97 Å². The number of nitrogens with one attached hydrogen (secondary N) is 1. The molecule has 1 heterocycles. The molecule has 2 atom stereocenters. The van der Waals surface area contributed by atoms with Crippen LogP contribution in [-0.4, -0.2) is 18.1 Å². The molecular weight excluding hydrogens is 222 g/mol. The summed E-state index contributed by atoms with van der Waals surface area (Å²) in [5.74, 6) is -1.01. The Morgan fingerprint density at radius 2 is 2.12 bits per heavy atom. The number of hydrogen-bond acceptors (Lipinski definition) is 3. The van der Waals surface area contributed by atoms with Crippen molar-refractivity contribution in [2.45, 2.75) is 26.8 Å². The minimum Gasteiger partial charge on any atom is -0.481 e. The minimum absolute atomic E-state index is 0.0995. The number of carbonyl (C=O) groups is 1. The first-order valence-corrected chi connectivity index (χ1v) is 6.31. The molecule has 0 fully saturated rings. The lowest BCUT2D eigenvalue weighted by Crippen LogP contribution is -2.34. The van der Waals surface area contributed by atoms with Crippen molar-refractivity contribution >= 4 is 17.3 Å². The summed E-state index contributed by atoms with van der Waals surface area (Å²) in [5.41, 5.74) is 1.16. The molecule has 0 aromatic carbocycles. The van der Waals surface area contributed by atoms with Gasteiger partial charge in [-0.25, -0.2) is 0 Å². The molecule has 0 saturated carbocycles. The van der Waals surface area contributed by atoms with Crippen molar-refractivity contribution in [3.8, 4) is 0 Å². The third-order valence-electron chi connectivity index (χ3n) is 2.86. The SMILES string of the molecule is CNC(c1sccc1C)C(C(=O)O)C(C)C. The quantitative estimate of drug-likeness (QED) is 0.833. The average Bonchev–Trinajstić information content (AvgIpc) is 2.59. The van der Waals surface area contributed by atoms with Crippen LogP contribution in [0.1, 0.15) is 30.3 Å². The zero-order valence-electron chi connectivity index (χ0n) is 10.2. The molecular formula is C12H19NO2S. The van der Waals surface area contributed by atoms with Crippen LogP contribution in [0.3, 0.4) is 0 Å². The summed E-state index contributed by atoms with van der Waals surface area (Å²) < 4.78 is 0. The van der Waals surface area contributed by atoms with E-state index in [1.807, 2.05) is 39.3 Å². The summed E-state index contributed by atoms with van der Waals surface area (Å²) >= 11 is 1.62. The van der Waals surface area contributed by atoms with Crippen molar-refractivity contribution in [2.75, 3.05) is 7.05 Å². The molecule has 3 nitrogen and oxygen atoms in total. The number of rotatable bonds is 5. The van der Waals surface area contributed by atoms with Gasteiger partial charge < -0.3 is 10.4 Å². The Kier molecular flexibility index (Phi) is 4.50. The van der Waals surface area contributed by atoms with Gasteiger partial charge in [0.05, 0.1) is 12.0 Å². The van der Waals surface area contributed by atoms with E-state index in [-0.39, 0.29) is 17.9 Å². The van der Waals surface area contributed by atoms with E-state index >= 15 is 0 Å². The molecule has 1 aromatic rings. The maximum absolute atomic E-state index is 11.3. The predicted molar refractivity (Wildman–Crippen MR) is 66.8 cm³/mol. The molecule has 1 rings (SSSR count). The fourth-order valence-corrected chi connectivity index (χ4v) is 3.07. The summed E-state index contributed by atoms with van der Waals surface area (Å²) in [7, 11) is 1.82. The van der Waals surface area contributed by atoms with Crippen molar-refractivity contribution in [3.05, 3.63) is 21.9 Å². The second-order valence-corrected chi connectivity index (χ2v) is 5.29. The third kappa shape index (κ3) is 2.62. The molecule has 0 spiro atoms. The van der Waals surface area contributed by atoms with Gasteiger partial charge in [-0.3, -0.25) is 4.79 Å². The number of aliphatic carboxylic acids is 1. The number of thiophene rings is 1. The molecule has 2 N–H and O–H groups in total. The lowest BCUT2D eigenvalue weighted by Gasteiger charge is -2.26. The van der Waals surface area contributed by atoms with Crippen LogP contribution in [0, 0.1) is 18.8 Å². The maximum atomic E-state index is 11.3. The van der Waals surface area contributed by atoms with E-state index in [0.29, 0.717) is 0 Å². The molecule has 0 amide bonds. The van der Waals surface area contributed by atoms with Gasteiger partial charge in [-0.05, 0) is 36.9 Å². The smallest absolute Gasteiger partial charge is 0.308 e. The third-order valence-corrected chi connectivity index (χ3v) is 3.96. The Morgan fingerprint density at radius 1 is 1.50 bits per heavy atom. The van der Waals surface area contributed by atoms with Crippen molar-refractivity contribution < 1.29 is 9.90 Å². The van der Waals surface area contributed by atoms with Crippen LogP contribution in [0.4, 0.5) is 0 Å². The van der Waals surface area contributed by atoms with Gasteiger partial charge in [-0.1, -0.05) is 13.8 Å². The fourth-order valence-electron chi connectivity index (χ4n) is 1.99. The summed E-state index contributed by atoms with van der Waals surface area (Å²) in [6.45, 7) is 5.92. The molecule has 1 aromatic heterocycles. The van der Waals surface area contributed by atoms with Crippen LogP contribution in [0.15, 0.2) is 11.4 Å². The van der Waals surface area contributed by atoms with Gasteiger partial charge in [0.2, 0.25) is 0 Å². The molecule has 0 aliphatic rings. The Morgan fingerprint density at radius 3 is 2.44 bits per heavy atom. The monoisotopic (exact) mass is 241 g/mol. The number of carboxylic acids is 1. The van der Waals surface area contributed by atoms with E-state index in [9.17, 15) is 9.90 Å². The van der Waals surface area contributed by atoms with Gasteiger partial charge in [-0.2, -0.15) is 0 Å².